The molecule has 1 atom stereocenters. The van der Waals surface area contributed by atoms with Crippen molar-refractivity contribution >= 4 is 0 Å². The first-order chi connectivity index (χ1) is 9.93. The van der Waals surface area contributed by atoms with E-state index in [1.54, 1.807) is 10.7 Å². The van der Waals surface area contributed by atoms with Gasteiger partial charge in [-0.1, -0.05) is 18.2 Å². The lowest BCUT2D eigenvalue weighted by Gasteiger charge is -2.17. The molecule has 0 saturated heterocycles. The van der Waals surface area contributed by atoms with E-state index in [4.69, 9.17) is 5.73 Å². The van der Waals surface area contributed by atoms with E-state index in [1.165, 1.54) is 12.1 Å². The van der Waals surface area contributed by atoms with Crippen LogP contribution in [0.5, 0.6) is 0 Å². The van der Waals surface area contributed by atoms with Crippen molar-refractivity contribution in [2.45, 2.75) is 38.0 Å². The van der Waals surface area contributed by atoms with Crippen molar-refractivity contribution < 1.29 is 13.2 Å². The average Bonchev–Trinajstić information content (AvgIpc) is 2.79. The minimum absolute atomic E-state index is 0.0528. The zero-order valence-corrected chi connectivity index (χ0v) is 11.3. The van der Waals surface area contributed by atoms with Crippen molar-refractivity contribution in [2.75, 3.05) is 0 Å². The average molecular weight is 296 g/mol. The predicted molar refractivity (Wildman–Crippen MR) is 70.6 cm³/mol. The van der Waals surface area contributed by atoms with Crippen molar-refractivity contribution in [2.24, 2.45) is 5.73 Å². The quantitative estimate of drug-likeness (QED) is 0.924. The first-order valence-electron chi connectivity index (χ1n) is 6.77. The summed E-state index contributed by atoms with van der Waals surface area (Å²) in [5.74, 6) is 1.17. The van der Waals surface area contributed by atoms with Crippen LogP contribution in [0.2, 0.25) is 0 Å². The van der Waals surface area contributed by atoms with Crippen LogP contribution in [0.3, 0.4) is 0 Å². The number of hydrogen-bond donors (Lipinski definition) is 1. The largest absolute Gasteiger partial charge is 0.416 e. The first kappa shape index (κ1) is 14.1. The molecule has 1 aliphatic rings. The molecule has 0 bridgehead atoms. The lowest BCUT2D eigenvalue weighted by Crippen LogP contribution is -2.31. The van der Waals surface area contributed by atoms with Crippen LogP contribution in [0.1, 0.15) is 29.2 Å². The van der Waals surface area contributed by atoms with Gasteiger partial charge in [-0.3, -0.25) is 0 Å². The van der Waals surface area contributed by atoms with Gasteiger partial charge in [-0.2, -0.15) is 18.3 Å². The molecule has 0 radical (unpaired) electrons. The summed E-state index contributed by atoms with van der Waals surface area (Å²) < 4.78 is 40.6. The van der Waals surface area contributed by atoms with Gasteiger partial charge in [-0.25, -0.2) is 9.67 Å². The van der Waals surface area contributed by atoms with Crippen molar-refractivity contribution in [3.05, 3.63) is 47.0 Å². The Morgan fingerprint density at radius 2 is 2.05 bits per heavy atom. The van der Waals surface area contributed by atoms with E-state index in [2.05, 4.69) is 10.1 Å². The van der Waals surface area contributed by atoms with Gasteiger partial charge in [0.15, 0.2) is 5.82 Å². The Morgan fingerprint density at radius 3 is 2.81 bits per heavy atom. The Labute approximate surface area is 119 Å². The molecule has 1 unspecified atom stereocenters. The highest BCUT2D eigenvalue weighted by Crippen LogP contribution is 2.32. The van der Waals surface area contributed by atoms with Crippen LogP contribution in [0.15, 0.2) is 24.3 Å². The van der Waals surface area contributed by atoms with Crippen LogP contribution < -0.4 is 5.73 Å². The number of rotatable bonds is 2. The van der Waals surface area contributed by atoms with Gasteiger partial charge in [0.05, 0.1) is 5.56 Å². The molecule has 0 aliphatic carbocycles. The molecule has 0 amide bonds. The van der Waals surface area contributed by atoms with E-state index >= 15 is 0 Å². The summed E-state index contributed by atoms with van der Waals surface area (Å²) in [5.41, 5.74) is 5.42. The fraction of sp³-hybridized carbons (Fsp3) is 0.429. The molecule has 2 heterocycles. The van der Waals surface area contributed by atoms with Crippen molar-refractivity contribution in [3.8, 4) is 0 Å². The SMILES string of the molecule is NC1CCn2nc(Cc3ccccc3C(F)(F)F)nc2C1. The summed E-state index contributed by atoms with van der Waals surface area (Å²) in [7, 11) is 0. The number of benzene rings is 1. The third-order valence-corrected chi connectivity index (χ3v) is 3.62. The lowest BCUT2D eigenvalue weighted by atomic mass is 10.0. The van der Waals surface area contributed by atoms with E-state index in [0.29, 0.717) is 18.8 Å². The van der Waals surface area contributed by atoms with Crippen molar-refractivity contribution in [1.29, 1.82) is 0 Å². The van der Waals surface area contributed by atoms with E-state index in [1.807, 2.05) is 0 Å². The molecule has 7 heteroatoms. The van der Waals surface area contributed by atoms with E-state index in [9.17, 15) is 13.2 Å². The predicted octanol–water partition coefficient (Wildman–Crippen LogP) is 2.16. The van der Waals surface area contributed by atoms with Gasteiger partial charge in [0.2, 0.25) is 0 Å². The van der Waals surface area contributed by atoms with Crippen LogP contribution in [-0.4, -0.2) is 20.8 Å². The Balaban J connectivity index is 1.88. The maximum atomic E-state index is 13.0. The zero-order chi connectivity index (χ0) is 15.0. The minimum atomic E-state index is -4.36. The second-order valence-electron chi connectivity index (χ2n) is 5.25. The van der Waals surface area contributed by atoms with Crippen LogP contribution in [0.25, 0.3) is 0 Å². The summed E-state index contributed by atoms with van der Waals surface area (Å²) in [6.45, 7) is 0.671. The topological polar surface area (TPSA) is 56.7 Å². The number of alkyl halides is 3. The van der Waals surface area contributed by atoms with E-state index in [-0.39, 0.29) is 18.0 Å². The summed E-state index contributed by atoms with van der Waals surface area (Å²) >= 11 is 0. The highest BCUT2D eigenvalue weighted by atomic mass is 19.4. The number of halogens is 3. The number of nitrogens with zero attached hydrogens (tertiary/aromatic N) is 3. The highest BCUT2D eigenvalue weighted by molar-refractivity contribution is 5.31. The van der Waals surface area contributed by atoms with Gasteiger partial charge in [0, 0.05) is 25.4 Å². The smallest absolute Gasteiger partial charge is 0.327 e. The molecule has 21 heavy (non-hydrogen) atoms. The molecular formula is C14H15F3N4. The molecule has 1 aromatic carbocycles. The number of nitrogens with two attached hydrogens (primary N) is 1. The zero-order valence-electron chi connectivity index (χ0n) is 11.3. The molecular weight excluding hydrogens is 281 g/mol. The summed E-state index contributed by atoms with van der Waals surface area (Å²) in [6, 6.07) is 5.58. The van der Waals surface area contributed by atoms with Gasteiger partial charge in [0.1, 0.15) is 5.82 Å². The summed E-state index contributed by atoms with van der Waals surface area (Å²) in [4.78, 5) is 4.32. The lowest BCUT2D eigenvalue weighted by molar-refractivity contribution is -0.138. The van der Waals surface area contributed by atoms with Gasteiger partial charge in [-0.15, -0.1) is 0 Å². The number of hydrogen-bond acceptors (Lipinski definition) is 3. The van der Waals surface area contributed by atoms with Gasteiger partial charge >= 0.3 is 6.18 Å². The second kappa shape index (κ2) is 5.14. The van der Waals surface area contributed by atoms with Crippen molar-refractivity contribution in [3.63, 3.8) is 0 Å². The highest BCUT2D eigenvalue weighted by Gasteiger charge is 2.33. The third kappa shape index (κ3) is 2.92. The van der Waals surface area contributed by atoms with Crippen LogP contribution in [-0.2, 0) is 25.6 Å². The fourth-order valence-electron chi connectivity index (χ4n) is 2.58. The Bertz CT molecular complexity index is 648. The molecule has 0 spiro atoms. The summed E-state index contributed by atoms with van der Waals surface area (Å²) in [6.07, 6.45) is -2.86. The van der Waals surface area contributed by atoms with Gasteiger partial charge in [0.25, 0.3) is 0 Å². The van der Waals surface area contributed by atoms with Crippen LogP contribution in [0.4, 0.5) is 13.2 Å². The first-order valence-corrected chi connectivity index (χ1v) is 6.77. The molecule has 112 valence electrons. The molecule has 4 nitrogen and oxygen atoms in total. The van der Waals surface area contributed by atoms with E-state index in [0.717, 1.165) is 18.3 Å². The Kier molecular flexibility index (Phi) is 3.44. The molecule has 2 aromatic rings. The Hall–Kier alpha value is -1.89. The van der Waals surface area contributed by atoms with Gasteiger partial charge in [-0.05, 0) is 18.1 Å². The molecule has 0 saturated carbocycles. The maximum Gasteiger partial charge on any atom is 0.416 e. The van der Waals surface area contributed by atoms with E-state index < -0.39 is 11.7 Å². The maximum absolute atomic E-state index is 13.0. The third-order valence-electron chi connectivity index (χ3n) is 3.62. The van der Waals surface area contributed by atoms with Crippen LogP contribution >= 0.6 is 0 Å². The molecule has 1 aliphatic heterocycles. The molecule has 0 fully saturated rings. The molecule has 1 aromatic heterocycles. The fourth-order valence-corrected chi connectivity index (χ4v) is 2.58. The molecule has 2 N–H and O–H groups in total. The minimum Gasteiger partial charge on any atom is -0.327 e. The van der Waals surface area contributed by atoms with Crippen molar-refractivity contribution in [1.82, 2.24) is 14.8 Å². The number of aryl methyl sites for hydroxylation is 1. The standard InChI is InChI=1S/C14H15F3N4/c15-14(16,17)11-4-2-1-3-9(11)7-12-19-13-8-10(18)5-6-21(13)20-12/h1-4,10H,5-8,18H2. The Morgan fingerprint density at radius 1 is 1.29 bits per heavy atom. The monoisotopic (exact) mass is 296 g/mol. The number of fused-ring (bicyclic) bond motifs is 1. The second-order valence-corrected chi connectivity index (χ2v) is 5.25. The molecule has 3 rings (SSSR count). The number of aromatic nitrogens is 3. The van der Waals surface area contributed by atoms with Gasteiger partial charge < -0.3 is 5.73 Å². The van der Waals surface area contributed by atoms with Crippen LogP contribution in [0, 0.1) is 0 Å². The normalized spacial score (nSPS) is 18.6. The summed E-state index contributed by atoms with van der Waals surface area (Å²) in [5, 5.41) is 4.29.